The maximum atomic E-state index is 14.1. The first-order valence-electron chi connectivity index (χ1n) is 12.1. The molecule has 38 heavy (non-hydrogen) atoms. The highest BCUT2D eigenvalue weighted by Crippen LogP contribution is 2.31. The van der Waals surface area contributed by atoms with Gasteiger partial charge in [0.2, 0.25) is 5.95 Å². The number of nitrogens with zero attached hydrogens (tertiary/aromatic N) is 5. The lowest BCUT2D eigenvalue weighted by molar-refractivity contribution is 0.0646. The number of anilines is 2. The summed E-state index contributed by atoms with van der Waals surface area (Å²) >= 11 is 8.42. The number of rotatable bonds is 6. The first-order chi connectivity index (χ1) is 18.0. The molecule has 1 aliphatic heterocycles. The second-order valence-corrected chi connectivity index (χ2v) is 11.6. The van der Waals surface area contributed by atoms with Crippen LogP contribution in [0, 0.1) is 9.52 Å². The molecular formula is C26H29ClFIN6O3. The molecule has 202 valence electrons. The molecular weight excluding hydrogens is 626 g/mol. The fourth-order valence-corrected chi connectivity index (χ4v) is 5.75. The Kier molecular flexibility index (Phi) is 8.46. The van der Waals surface area contributed by atoms with E-state index in [2.05, 4.69) is 10.3 Å². The summed E-state index contributed by atoms with van der Waals surface area (Å²) in [5.74, 6) is -0.329. The molecule has 0 spiro atoms. The number of nitrogens with one attached hydrogen (secondary N) is 1. The van der Waals surface area contributed by atoms with Gasteiger partial charge in [0.1, 0.15) is 15.2 Å². The van der Waals surface area contributed by atoms with Crippen LogP contribution in [0.5, 0.6) is 0 Å². The van der Waals surface area contributed by atoms with Gasteiger partial charge < -0.3 is 19.9 Å². The van der Waals surface area contributed by atoms with Gasteiger partial charge in [-0.3, -0.25) is 14.7 Å². The van der Waals surface area contributed by atoms with Crippen LogP contribution in [-0.4, -0.2) is 61.2 Å². The van der Waals surface area contributed by atoms with Gasteiger partial charge >= 0.3 is 6.09 Å². The van der Waals surface area contributed by atoms with E-state index in [1.54, 1.807) is 29.1 Å². The van der Waals surface area contributed by atoms with Crippen LogP contribution in [0.15, 0.2) is 42.7 Å². The summed E-state index contributed by atoms with van der Waals surface area (Å²) in [6.45, 7) is 6.75. The summed E-state index contributed by atoms with van der Waals surface area (Å²) in [7, 11) is 0. The molecule has 3 aromatic rings. The third kappa shape index (κ3) is 6.20. The molecule has 0 aliphatic carbocycles. The molecule has 2 amide bonds. The van der Waals surface area contributed by atoms with Gasteiger partial charge in [0.15, 0.2) is 0 Å². The number of hydrogen-bond acceptors (Lipinski definition) is 5. The van der Waals surface area contributed by atoms with Gasteiger partial charge in [-0.25, -0.2) is 14.2 Å². The van der Waals surface area contributed by atoms with E-state index in [0.717, 1.165) is 6.42 Å². The Morgan fingerprint density at radius 3 is 2.63 bits per heavy atom. The van der Waals surface area contributed by atoms with Crippen molar-refractivity contribution in [2.75, 3.05) is 23.3 Å². The number of hydrogen-bond donors (Lipinski definition) is 2. The number of piperidine rings is 1. The number of carbonyl (C=O) groups is 2. The lowest BCUT2D eigenvalue weighted by Gasteiger charge is -2.44. The maximum absolute atomic E-state index is 14.1. The van der Waals surface area contributed by atoms with Gasteiger partial charge in [-0.05, 0) is 92.1 Å². The van der Waals surface area contributed by atoms with Crippen LogP contribution < -0.4 is 10.2 Å². The zero-order valence-electron chi connectivity index (χ0n) is 21.3. The van der Waals surface area contributed by atoms with E-state index in [0.29, 0.717) is 51.1 Å². The Morgan fingerprint density at radius 2 is 1.97 bits per heavy atom. The fourth-order valence-electron chi connectivity index (χ4n) is 4.82. The van der Waals surface area contributed by atoms with Crippen LogP contribution >= 0.6 is 34.2 Å². The molecule has 0 radical (unpaired) electrons. The molecule has 1 fully saturated rings. The minimum atomic E-state index is -0.980. The highest BCUT2D eigenvalue weighted by atomic mass is 127. The van der Waals surface area contributed by atoms with E-state index < -0.39 is 17.4 Å². The molecule has 0 bridgehead atoms. The number of carbonyl (C=O) groups excluding carboxylic acids is 1. The molecule has 3 heterocycles. The van der Waals surface area contributed by atoms with Crippen molar-refractivity contribution in [1.29, 1.82) is 0 Å². The third-order valence-corrected chi connectivity index (χ3v) is 7.49. The monoisotopic (exact) mass is 654 g/mol. The summed E-state index contributed by atoms with van der Waals surface area (Å²) < 4.78 is 16.3. The SMILES string of the molecule is CC(C)(C)N(C(=O)O)[C@@H]1CCCN(c2nc(I)c(C(=O)Nc3ccncc3)n2Cc2cc(F)ccc2Cl)C1. The van der Waals surface area contributed by atoms with Crippen molar-refractivity contribution in [2.45, 2.75) is 51.7 Å². The Morgan fingerprint density at radius 1 is 1.26 bits per heavy atom. The molecule has 1 atom stereocenters. The van der Waals surface area contributed by atoms with E-state index >= 15 is 0 Å². The van der Waals surface area contributed by atoms with E-state index in [1.165, 1.54) is 23.1 Å². The Bertz CT molecular complexity index is 1330. The van der Waals surface area contributed by atoms with Crippen LogP contribution in [0.2, 0.25) is 5.02 Å². The summed E-state index contributed by atoms with van der Waals surface area (Å²) in [4.78, 5) is 37.8. The number of imidazole rings is 1. The number of carboxylic acid groups (broad SMARTS) is 1. The van der Waals surface area contributed by atoms with E-state index in [-0.39, 0.29) is 18.5 Å². The fraction of sp³-hybridized carbons (Fsp3) is 0.385. The van der Waals surface area contributed by atoms with Gasteiger partial charge in [0.25, 0.3) is 5.91 Å². The van der Waals surface area contributed by atoms with Gasteiger partial charge in [-0.15, -0.1) is 0 Å². The van der Waals surface area contributed by atoms with E-state index in [1.807, 2.05) is 48.3 Å². The van der Waals surface area contributed by atoms with Crippen LogP contribution in [0.3, 0.4) is 0 Å². The van der Waals surface area contributed by atoms with Crippen molar-refractivity contribution in [1.82, 2.24) is 19.4 Å². The van der Waals surface area contributed by atoms with Crippen LogP contribution in [0.1, 0.15) is 49.7 Å². The molecule has 0 saturated carbocycles. The molecule has 2 aromatic heterocycles. The first-order valence-corrected chi connectivity index (χ1v) is 13.6. The Hall–Kier alpha value is -2.93. The van der Waals surface area contributed by atoms with Gasteiger partial charge in [0.05, 0.1) is 12.6 Å². The molecule has 2 N–H and O–H groups in total. The molecule has 1 saturated heterocycles. The normalized spacial score (nSPS) is 15.8. The summed E-state index contributed by atoms with van der Waals surface area (Å²) in [6.07, 6.45) is 3.63. The number of aromatic nitrogens is 3. The molecule has 1 aliphatic rings. The van der Waals surface area contributed by atoms with Gasteiger partial charge in [-0.1, -0.05) is 11.6 Å². The molecule has 0 unspecified atom stereocenters. The highest BCUT2D eigenvalue weighted by Gasteiger charge is 2.37. The molecule has 4 rings (SSSR count). The minimum Gasteiger partial charge on any atom is -0.465 e. The predicted molar refractivity (Wildman–Crippen MR) is 152 cm³/mol. The largest absolute Gasteiger partial charge is 0.465 e. The molecule has 12 heteroatoms. The van der Waals surface area contributed by atoms with Crippen molar-refractivity contribution in [3.8, 4) is 0 Å². The van der Waals surface area contributed by atoms with Crippen molar-refractivity contribution in [3.05, 3.63) is 68.5 Å². The smallest absolute Gasteiger partial charge is 0.408 e. The average molecular weight is 655 g/mol. The maximum Gasteiger partial charge on any atom is 0.408 e. The molecule has 9 nitrogen and oxygen atoms in total. The summed E-state index contributed by atoms with van der Waals surface area (Å²) in [5.41, 5.74) is 0.772. The van der Waals surface area contributed by atoms with Gasteiger partial charge in [-0.2, -0.15) is 0 Å². The van der Waals surface area contributed by atoms with Crippen molar-refractivity contribution < 1.29 is 19.1 Å². The van der Waals surface area contributed by atoms with Crippen molar-refractivity contribution in [3.63, 3.8) is 0 Å². The molecule has 1 aromatic carbocycles. The third-order valence-electron chi connectivity index (χ3n) is 6.37. The topological polar surface area (TPSA) is 104 Å². The first kappa shape index (κ1) is 28.1. The van der Waals surface area contributed by atoms with E-state index in [4.69, 9.17) is 16.6 Å². The number of halogens is 3. The zero-order valence-corrected chi connectivity index (χ0v) is 24.2. The second-order valence-electron chi connectivity index (χ2n) is 10.1. The summed E-state index contributed by atoms with van der Waals surface area (Å²) in [6, 6.07) is 7.19. The summed E-state index contributed by atoms with van der Waals surface area (Å²) in [5, 5.41) is 13.2. The van der Waals surface area contributed by atoms with Gasteiger partial charge in [0, 0.05) is 41.7 Å². The Balaban J connectivity index is 1.75. The predicted octanol–water partition coefficient (Wildman–Crippen LogP) is 5.72. The van der Waals surface area contributed by atoms with Crippen LogP contribution in [-0.2, 0) is 6.54 Å². The number of pyridine rings is 1. The van der Waals surface area contributed by atoms with E-state index in [9.17, 15) is 19.1 Å². The quantitative estimate of drug-likeness (QED) is 0.330. The second kappa shape index (κ2) is 11.4. The zero-order chi connectivity index (χ0) is 27.6. The lowest BCUT2D eigenvalue weighted by Crippen LogP contribution is -2.57. The lowest BCUT2D eigenvalue weighted by atomic mass is 9.98. The standard InChI is InChI=1S/C26H29ClFIN6O3/c1-26(2,3)35(25(37)38)19-5-4-12-33(15-19)24-32-22(29)21(23(36)31-18-8-10-30-11-9-18)34(24)14-16-13-17(28)6-7-20(16)27/h6-11,13,19H,4-5,12,14-15H2,1-3H3,(H,37,38)(H,30,31,36)/t19-/m1/s1. The minimum absolute atomic E-state index is 0.101. The van der Waals surface area contributed by atoms with Crippen LogP contribution in [0.4, 0.5) is 20.8 Å². The highest BCUT2D eigenvalue weighted by molar-refractivity contribution is 14.1. The van der Waals surface area contributed by atoms with Crippen molar-refractivity contribution >= 4 is 57.8 Å². The number of amides is 2. The van der Waals surface area contributed by atoms with Crippen molar-refractivity contribution in [2.24, 2.45) is 0 Å². The van der Waals surface area contributed by atoms with Crippen LogP contribution in [0.25, 0.3) is 0 Å². The average Bonchev–Trinajstić information content (AvgIpc) is 3.17. The number of benzene rings is 1. The Labute approximate surface area is 239 Å².